The molecule has 1 unspecified atom stereocenters. The van der Waals surface area contributed by atoms with Crippen LogP contribution in [0.25, 0.3) is 0 Å². The van der Waals surface area contributed by atoms with Gasteiger partial charge >= 0.3 is 0 Å². The number of carbonyl (C=O) groups is 2. The Labute approximate surface area is 171 Å². The summed E-state index contributed by atoms with van der Waals surface area (Å²) in [5.74, 6) is -0.277. The molecule has 1 heterocycles. The topological polar surface area (TPSA) is 74.8 Å². The van der Waals surface area contributed by atoms with Gasteiger partial charge in [0.15, 0.2) is 0 Å². The molecule has 2 aliphatic rings. The summed E-state index contributed by atoms with van der Waals surface area (Å²) in [6, 6.07) is 14.2. The van der Waals surface area contributed by atoms with Crippen LogP contribution >= 0.6 is 0 Å². The molecule has 0 bridgehead atoms. The van der Waals surface area contributed by atoms with Crippen molar-refractivity contribution in [3.63, 3.8) is 0 Å². The van der Waals surface area contributed by atoms with Crippen LogP contribution in [0.3, 0.4) is 0 Å². The first-order chi connectivity index (χ1) is 13.8. The van der Waals surface area contributed by atoms with Crippen molar-refractivity contribution in [3.05, 3.63) is 65.2 Å². The Morgan fingerprint density at radius 1 is 1.17 bits per heavy atom. The molecule has 2 amide bonds. The normalized spacial score (nSPS) is 18.4. The fraction of sp³-hybridized carbons (Fsp3) is 0.364. The number of hydrogen-bond acceptors (Lipinski definition) is 4. The van der Waals surface area contributed by atoms with Crippen LogP contribution in [0, 0.1) is 5.92 Å². The second-order valence-corrected chi connectivity index (χ2v) is 9.51. The third-order valence-corrected chi connectivity index (χ3v) is 7.69. The monoisotopic (exact) mass is 412 g/mol. The van der Waals surface area contributed by atoms with E-state index >= 15 is 0 Å². The zero-order valence-electron chi connectivity index (χ0n) is 16.5. The van der Waals surface area contributed by atoms with Crippen molar-refractivity contribution in [3.8, 4) is 0 Å². The molecule has 152 valence electrons. The number of hydrogen-bond donors (Lipinski definition) is 0. The molecular formula is C22H24N2O4S. The van der Waals surface area contributed by atoms with Crippen molar-refractivity contribution in [2.24, 2.45) is 5.92 Å². The quantitative estimate of drug-likeness (QED) is 0.730. The molecule has 1 aliphatic carbocycles. The Morgan fingerprint density at radius 3 is 2.48 bits per heavy atom. The summed E-state index contributed by atoms with van der Waals surface area (Å²) in [7, 11) is -3.90. The molecule has 0 saturated heterocycles. The third-order valence-electron chi connectivity index (χ3n) is 5.79. The van der Waals surface area contributed by atoms with Gasteiger partial charge in [-0.3, -0.25) is 9.59 Å². The minimum Gasteiger partial charge on any atom is -0.331 e. The number of rotatable bonds is 6. The summed E-state index contributed by atoms with van der Waals surface area (Å²) in [4.78, 5) is 27.5. The van der Waals surface area contributed by atoms with Crippen molar-refractivity contribution >= 4 is 21.8 Å². The van der Waals surface area contributed by atoms with E-state index in [0.29, 0.717) is 18.0 Å². The van der Waals surface area contributed by atoms with Crippen molar-refractivity contribution in [2.75, 3.05) is 6.54 Å². The van der Waals surface area contributed by atoms with E-state index in [9.17, 15) is 18.0 Å². The molecular weight excluding hydrogens is 388 g/mol. The van der Waals surface area contributed by atoms with Gasteiger partial charge in [0, 0.05) is 24.7 Å². The van der Waals surface area contributed by atoms with Crippen LogP contribution < -0.4 is 0 Å². The second-order valence-electron chi connectivity index (χ2n) is 7.68. The van der Waals surface area contributed by atoms with Crippen LogP contribution in [0.15, 0.2) is 53.4 Å². The SMILES string of the molecule is CCN1C(=O)c2ccc(C(=O)N(Cc3ccccc3)C(C)C3CC3)cc2S1(=O)=O. The van der Waals surface area contributed by atoms with E-state index in [1.807, 2.05) is 42.2 Å². The number of nitrogens with zero attached hydrogens (tertiary/aromatic N) is 2. The van der Waals surface area contributed by atoms with Gasteiger partial charge in [0.1, 0.15) is 4.90 Å². The van der Waals surface area contributed by atoms with Crippen LogP contribution in [0.5, 0.6) is 0 Å². The van der Waals surface area contributed by atoms with Gasteiger partial charge in [-0.05, 0) is 56.4 Å². The van der Waals surface area contributed by atoms with Crippen molar-refractivity contribution in [2.45, 2.75) is 44.2 Å². The van der Waals surface area contributed by atoms with Gasteiger partial charge in [0.25, 0.3) is 21.8 Å². The fourth-order valence-corrected chi connectivity index (χ4v) is 5.50. The molecule has 4 rings (SSSR count). The Kier molecular flexibility index (Phi) is 4.94. The maximum Gasteiger partial charge on any atom is 0.268 e. The van der Waals surface area contributed by atoms with Crippen molar-refractivity contribution < 1.29 is 18.0 Å². The molecule has 6 nitrogen and oxygen atoms in total. The predicted molar refractivity (Wildman–Crippen MR) is 109 cm³/mol. The average Bonchev–Trinajstić information content (AvgIpc) is 3.54. The number of amides is 2. The Balaban J connectivity index is 1.69. The summed E-state index contributed by atoms with van der Waals surface area (Å²) >= 11 is 0. The first kappa shape index (κ1) is 19.6. The number of sulfonamides is 1. The van der Waals surface area contributed by atoms with Gasteiger partial charge in [-0.15, -0.1) is 0 Å². The molecule has 0 aromatic heterocycles. The zero-order valence-corrected chi connectivity index (χ0v) is 17.4. The maximum atomic E-state index is 13.4. The Bertz CT molecular complexity index is 1060. The van der Waals surface area contributed by atoms with E-state index in [2.05, 4.69) is 0 Å². The molecule has 0 radical (unpaired) electrons. The molecule has 2 aromatic carbocycles. The molecule has 1 atom stereocenters. The third kappa shape index (κ3) is 3.44. The fourth-order valence-electron chi connectivity index (χ4n) is 3.90. The minimum absolute atomic E-state index is 0.0568. The highest BCUT2D eigenvalue weighted by molar-refractivity contribution is 7.90. The largest absolute Gasteiger partial charge is 0.331 e. The molecule has 1 fully saturated rings. The summed E-state index contributed by atoms with van der Waals surface area (Å²) in [6.45, 7) is 4.19. The zero-order chi connectivity index (χ0) is 20.8. The second kappa shape index (κ2) is 7.30. The lowest BCUT2D eigenvalue weighted by Gasteiger charge is -2.30. The highest BCUT2D eigenvalue weighted by atomic mass is 32.2. The van der Waals surface area contributed by atoms with Crippen molar-refractivity contribution in [1.82, 2.24) is 9.21 Å². The van der Waals surface area contributed by atoms with E-state index in [4.69, 9.17) is 0 Å². The molecule has 1 aliphatic heterocycles. The van der Waals surface area contributed by atoms with Gasteiger partial charge < -0.3 is 4.90 Å². The van der Waals surface area contributed by atoms with Crippen LogP contribution in [0.1, 0.15) is 53.0 Å². The lowest BCUT2D eigenvalue weighted by Crippen LogP contribution is -2.39. The van der Waals surface area contributed by atoms with Gasteiger partial charge in [-0.25, -0.2) is 12.7 Å². The number of carbonyl (C=O) groups excluding carboxylic acids is 2. The van der Waals surface area contributed by atoms with Crippen LogP contribution in [0.4, 0.5) is 0 Å². The number of fused-ring (bicyclic) bond motifs is 1. The summed E-state index contributed by atoms with van der Waals surface area (Å²) in [5, 5.41) is 0. The lowest BCUT2D eigenvalue weighted by atomic mass is 10.1. The van der Waals surface area contributed by atoms with Gasteiger partial charge in [0.05, 0.1) is 5.56 Å². The number of benzene rings is 2. The van der Waals surface area contributed by atoms with Crippen LogP contribution in [-0.4, -0.2) is 42.0 Å². The van der Waals surface area contributed by atoms with Gasteiger partial charge in [0.2, 0.25) is 0 Å². The van der Waals surface area contributed by atoms with Crippen LogP contribution in [0.2, 0.25) is 0 Å². The summed E-state index contributed by atoms with van der Waals surface area (Å²) in [5.41, 5.74) is 1.45. The smallest absolute Gasteiger partial charge is 0.268 e. The average molecular weight is 413 g/mol. The predicted octanol–water partition coefficient (Wildman–Crippen LogP) is 3.29. The van der Waals surface area contributed by atoms with E-state index in [1.165, 1.54) is 12.1 Å². The first-order valence-corrected chi connectivity index (χ1v) is 11.3. The molecule has 7 heteroatoms. The highest BCUT2D eigenvalue weighted by Crippen LogP contribution is 2.37. The Morgan fingerprint density at radius 2 is 1.86 bits per heavy atom. The molecule has 29 heavy (non-hydrogen) atoms. The van der Waals surface area contributed by atoms with Gasteiger partial charge in [-0.2, -0.15) is 0 Å². The standard InChI is InChI=1S/C22H24N2O4S/c1-3-24-22(26)19-12-11-18(13-20(19)29(24,27)28)21(25)23(15(2)17-9-10-17)14-16-7-5-4-6-8-16/h4-8,11-13,15,17H,3,9-10,14H2,1-2H3. The molecule has 2 aromatic rings. The lowest BCUT2D eigenvalue weighted by molar-refractivity contribution is 0.0653. The van der Waals surface area contributed by atoms with Crippen LogP contribution in [-0.2, 0) is 16.6 Å². The maximum absolute atomic E-state index is 13.4. The van der Waals surface area contributed by atoms with E-state index in [1.54, 1.807) is 13.0 Å². The van der Waals surface area contributed by atoms with E-state index in [0.717, 1.165) is 22.7 Å². The summed E-state index contributed by atoms with van der Waals surface area (Å²) < 4.78 is 26.2. The molecule has 0 N–H and O–H groups in total. The minimum atomic E-state index is -3.90. The Hall–Kier alpha value is -2.67. The van der Waals surface area contributed by atoms with Gasteiger partial charge in [-0.1, -0.05) is 30.3 Å². The molecule has 1 saturated carbocycles. The van der Waals surface area contributed by atoms with E-state index in [-0.39, 0.29) is 29.0 Å². The van der Waals surface area contributed by atoms with Crippen molar-refractivity contribution in [1.29, 1.82) is 0 Å². The molecule has 0 spiro atoms. The highest BCUT2D eigenvalue weighted by Gasteiger charge is 2.41. The summed E-state index contributed by atoms with van der Waals surface area (Å²) in [6.07, 6.45) is 2.19. The first-order valence-electron chi connectivity index (χ1n) is 9.90. The van der Waals surface area contributed by atoms with E-state index < -0.39 is 15.9 Å².